The van der Waals surface area contributed by atoms with Crippen molar-refractivity contribution < 1.29 is 19.1 Å². The standard InChI is InChI=1S/C44H50N8O4/c1-44(2,3)56-43(54)51-18-6-10-36(51)40-47-24-33(50-40)25-12-16-35-29(19-25)21-37-31-15-11-26(34-23-46-39(49-34)32-9-5-17-45-32)22-38(31)55-42(52(35)37)28-8-4-7-27(20-28)41(53)48-30-13-14-30/h4,8,12,16,19-24,27,30,32,36,42,45H,5-7,9-11,13-15,17-18H2,1-3H3,(H,46,49)(H,47,50)(H,48,53). The zero-order valence-corrected chi connectivity index (χ0v) is 32.4. The number of aromatic nitrogens is 5. The molecule has 4 N–H and O–H groups in total. The van der Waals surface area contributed by atoms with Gasteiger partial charge in [0.25, 0.3) is 0 Å². The zero-order valence-electron chi connectivity index (χ0n) is 32.4. The number of aromatic amines is 2. The minimum Gasteiger partial charge on any atom is -0.466 e. The lowest BCUT2D eigenvalue weighted by Crippen LogP contribution is -2.36. The van der Waals surface area contributed by atoms with Crippen LogP contribution in [0.3, 0.4) is 0 Å². The van der Waals surface area contributed by atoms with Gasteiger partial charge in [0, 0.05) is 34.7 Å². The first kappa shape index (κ1) is 35.1. The molecule has 1 saturated carbocycles. The molecule has 3 aliphatic heterocycles. The molecule has 4 unspecified atom stereocenters. The summed E-state index contributed by atoms with van der Waals surface area (Å²) in [7, 11) is 0. The summed E-state index contributed by atoms with van der Waals surface area (Å²) in [5.41, 5.74) is 7.91. The van der Waals surface area contributed by atoms with Gasteiger partial charge in [0.05, 0.1) is 53.0 Å². The normalized spacial score (nSPS) is 24.8. The fraction of sp³-hybridized carbons (Fsp3) is 0.455. The number of allylic oxidation sites excluding steroid dienone is 4. The number of benzene rings is 1. The lowest BCUT2D eigenvalue weighted by atomic mass is 9.91. The minimum absolute atomic E-state index is 0.0877. The fourth-order valence-corrected chi connectivity index (χ4v) is 8.98. The number of likely N-dealkylation sites (tertiary alicyclic amines) is 1. The maximum absolute atomic E-state index is 13.3. The molecule has 6 aliphatic rings. The topological polar surface area (TPSA) is 142 Å². The summed E-state index contributed by atoms with van der Waals surface area (Å²) in [5, 5.41) is 7.85. The van der Waals surface area contributed by atoms with Gasteiger partial charge in [-0.05, 0) is 115 Å². The Morgan fingerprint density at radius 2 is 1.82 bits per heavy atom. The smallest absolute Gasteiger partial charge is 0.410 e. The highest BCUT2D eigenvalue weighted by Gasteiger charge is 2.37. The number of carbonyl (C=O) groups is 2. The highest BCUT2D eigenvalue weighted by atomic mass is 16.6. The van der Waals surface area contributed by atoms with E-state index in [2.05, 4.69) is 73.7 Å². The molecule has 1 aromatic carbocycles. The van der Waals surface area contributed by atoms with Crippen LogP contribution in [0, 0.1) is 5.92 Å². The molecule has 290 valence electrons. The second-order valence-corrected chi connectivity index (χ2v) is 17.2. The zero-order chi connectivity index (χ0) is 38.1. The van der Waals surface area contributed by atoms with E-state index < -0.39 is 11.8 Å². The summed E-state index contributed by atoms with van der Waals surface area (Å²) in [6, 6.07) is 9.21. The maximum atomic E-state index is 13.3. The van der Waals surface area contributed by atoms with E-state index in [1.807, 2.05) is 33.2 Å². The van der Waals surface area contributed by atoms with Crippen LogP contribution in [0.25, 0.3) is 33.3 Å². The van der Waals surface area contributed by atoms with E-state index in [1.165, 1.54) is 11.1 Å². The molecular formula is C44H50N8O4. The van der Waals surface area contributed by atoms with Crippen LogP contribution in [0.4, 0.5) is 4.79 Å². The van der Waals surface area contributed by atoms with Crippen molar-refractivity contribution in [1.29, 1.82) is 0 Å². The number of nitrogens with one attached hydrogen (secondary N) is 4. The highest BCUT2D eigenvalue weighted by molar-refractivity contribution is 5.92. The van der Waals surface area contributed by atoms with E-state index in [0.717, 1.165) is 114 Å². The number of rotatable bonds is 7. The second kappa shape index (κ2) is 13.7. The average Bonchev–Trinajstić information content (AvgIpc) is 3.83. The Kier molecular flexibility index (Phi) is 8.57. The molecule has 12 nitrogen and oxygen atoms in total. The maximum Gasteiger partial charge on any atom is 0.410 e. The molecule has 4 aromatic rings. The molecule has 10 rings (SSSR count). The number of ether oxygens (including phenoxy) is 2. The van der Waals surface area contributed by atoms with Crippen molar-refractivity contribution >= 4 is 34.0 Å². The molecule has 12 heteroatoms. The molecule has 3 aromatic heterocycles. The monoisotopic (exact) mass is 754 g/mol. The molecule has 2 amide bonds. The highest BCUT2D eigenvalue weighted by Crippen LogP contribution is 2.47. The van der Waals surface area contributed by atoms with Crippen molar-refractivity contribution in [3.63, 3.8) is 0 Å². The molecule has 6 heterocycles. The molecule has 3 fully saturated rings. The van der Waals surface area contributed by atoms with Crippen LogP contribution in [0.5, 0.6) is 0 Å². The van der Waals surface area contributed by atoms with Gasteiger partial charge in [0.1, 0.15) is 23.0 Å². The Morgan fingerprint density at radius 1 is 0.982 bits per heavy atom. The van der Waals surface area contributed by atoms with Crippen molar-refractivity contribution in [2.75, 3.05) is 13.1 Å². The van der Waals surface area contributed by atoms with Gasteiger partial charge in [-0.2, -0.15) is 0 Å². The number of hydrogen-bond donors (Lipinski definition) is 4. The Morgan fingerprint density at radius 3 is 2.64 bits per heavy atom. The SMILES string of the molecule is CC(C)(C)OC(=O)N1CCCC1c1ncc(-c2ccc3c(c2)cc2n3C(C3=CC(C(=O)NC4CC4)CC=C3)OC3=C2CCC(c2cnc(C4CCCN4)[nH]2)=C3)[nH]1. The number of hydrogen-bond acceptors (Lipinski definition) is 7. The lowest BCUT2D eigenvalue weighted by Gasteiger charge is -2.34. The molecule has 0 bridgehead atoms. The van der Waals surface area contributed by atoms with Crippen molar-refractivity contribution in [3.8, 4) is 11.3 Å². The van der Waals surface area contributed by atoms with E-state index in [9.17, 15) is 9.59 Å². The van der Waals surface area contributed by atoms with E-state index in [0.29, 0.717) is 19.0 Å². The molecule has 3 aliphatic carbocycles. The van der Waals surface area contributed by atoms with E-state index >= 15 is 0 Å². The summed E-state index contributed by atoms with van der Waals surface area (Å²) < 4.78 is 15.1. The summed E-state index contributed by atoms with van der Waals surface area (Å²) >= 11 is 0. The number of imidazole rings is 2. The van der Waals surface area contributed by atoms with Crippen LogP contribution >= 0.6 is 0 Å². The van der Waals surface area contributed by atoms with Gasteiger partial charge in [-0.1, -0.05) is 24.3 Å². The number of fused-ring (bicyclic) bond motifs is 4. The van der Waals surface area contributed by atoms with Crippen LogP contribution in [-0.2, 0) is 14.3 Å². The Balaban J connectivity index is 1.000. The molecular weight excluding hydrogens is 705 g/mol. The van der Waals surface area contributed by atoms with E-state index in [1.54, 1.807) is 4.90 Å². The molecule has 4 atom stereocenters. The number of carbonyl (C=O) groups excluding carboxylic acids is 2. The molecule has 0 radical (unpaired) electrons. The van der Waals surface area contributed by atoms with E-state index in [4.69, 9.17) is 19.4 Å². The third kappa shape index (κ3) is 6.57. The van der Waals surface area contributed by atoms with Crippen molar-refractivity contribution in [3.05, 3.63) is 95.3 Å². The summed E-state index contributed by atoms with van der Waals surface area (Å²) in [6.07, 6.45) is 20.1. The van der Waals surface area contributed by atoms with Crippen LogP contribution in [0.2, 0.25) is 0 Å². The lowest BCUT2D eigenvalue weighted by molar-refractivity contribution is -0.123. The predicted octanol–water partition coefficient (Wildman–Crippen LogP) is 8.15. The number of H-pyrrole nitrogens is 2. The summed E-state index contributed by atoms with van der Waals surface area (Å²) in [4.78, 5) is 44.8. The summed E-state index contributed by atoms with van der Waals surface area (Å²) in [5.74, 6) is 2.48. The van der Waals surface area contributed by atoms with Crippen molar-refractivity contribution in [2.24, 2.45) is 5.92 Å². The third-order valence-corrected chi connectivity index (χ3v) is 11.9. The van der Waals surface area contributed by atoms with Gasteiger partial charge < -0.3 is 34.6 Å². The van der Waals surface area contributed by atoms with Gasteiger partial charge in [0.15, 0.2) is 0 Å². The molecule has 0 spiro atoms. The van der Waals surface area contributed by atoms with Gasteiger partial charge in [0.2, 0.25) is 12.1 Å². The quantitative estimate of drug-likeness (QED) is 0.149. The van der Waals surface area contributed by atoms with Crippen molar-refractivity contribution in [2.45, 2.75) is 109 Å². The van der Waals surface area contributed by atoms with Crippen LogP contribution in [0.1, 0.15) is 120 Å². The Hall–Kier alpha value is -5.36. The van der Waals surface area contributed by atoms with E-state index in [-0.39, 0.29) is 30.0 Å². The minimum atomic E-state index is -0.561. The second-order valence-electron chi connectivity index (χ2n) is 17.2. The van der Waals surface area contributed by atoms with Crippen LogP contribution < -0.4 is 10.6 Å². The van der Waals surface area contributed by atoms with Crippen molar-refractivity contribution in [1.82, 2.24) is 40.0 Å². The molecule has 2 saturated heterocycles. The predicted molar refractivity (Wildman–Crippen MR) is 214 cm³/mol. The number of amides is 2. The van der Waals surface area contributed by atoms with Gasteiger partial charge in [-0.15, -0.1) is 0 Å². The Bertz CT molecular complexity index is 2340. The fourth-order valence-electron chi connectivity index (χ4n) is 8.98. The summed E-state index contributed by atoms with van der Waals surface area (Å²) in [6.45, 7) is 7.35. The van der Waals surface area contributed by atoms with Crippen LogP contribution in [-0.4, -0.2) is 66.1 Å². The molecule has 56 heavy (non-hydrogen) atoms. The third-order valence-electron chi connectivity index (χ3n) is 11.9. The van der Waals surface area contributed by atoms with Gasteiger partial charge in [-0.25, -0.2) is 14.8 Å². The Labute approximate surface area is 326 Å². The van der Waals surface area contributed by atoms with Crippen LogP contribution in [0.15, 0.2) is 72.3 Å². The van der Waals surface area contributed by atoms with Gasteiger partial charge >= 0.3 is 6.09 Å². The first-order valence-corrected chi connectivity index (χ1v) is 20.4. The van der Waals surface area contributed by atoms with Gasteiger partial charge in [-0.3, -0.25) is 9.69 Å². The number of nitrogens with zero attached hydrogens (tertiary/aromatic N) is 4. The first-order valence-electron chi connectivity index (χ1n) is 20.4. The largest absolute Gasteiger partial charge is 0.466 e. The first-order chi connectivity index (χ1) is 27.1. The average molecular weight is 755 g/mol.